The molecule has 3 aromatic heterocycles. The number of anilines is 1. The Bertz CT molecular complexity index is 2680. The molecule has 0 saturated carbocycles. The number of hydrogen-bond donors (Lipinski definition) is 1. The highest BCUT2D eigenvalue weighted by molar-refractivity contribution is 6.06. The Hall–Kier alpha value is -6.51. The van der Waals surface area contributed by atoms with Crippen molar-refractivity contribution >= 4 is 45.8 Å². The summed E-state index contributed by atoms with van der Waals surface area (Å²) in [6.45, 7) is 5.00. The van der Waals surface area contributed by atoms with Crippen molar-refractivity contribution in [1.29, 1.82) is 0 Å². The van der Waals surface area contributed by atoms with Crippen molar-refractivity contribution in [3.05, 3.63) is 112 Å². The summed E-state index contributed by atoms with van der Waals surface area (Å²) in [6, 6.07) is 12.6. The highest BCUT2D eigenvalue weighted by Gasteiger charge is 2.32. The maximum Gasteiger partial charge on any atom is 0.253 e. The monoisotopic (exact) mass is 841 g/mol. The van der Waals surface area contributed by atoms with Gasteiger partial charge in [-0.1, -0.05) is 35.1 Å². The van der Waals surface area contributed by atoms with E-state index in [0.29, 0.717) is 78.9 Å². The number of piperidine rings is 2. The standard InChI is InChI=1S/C47H49F2N9O4/c1-28-34(10-12-40(51-28)30-14-19-55(20-15-30)33-8-9-35(39(48)25-33)36-11-13-41(59)52-46(36)61)37-23-32(47(62)54(2)3)24-38-43(49)44(58(45(37)38)26-29-6-7-29)31-5-4-18-56(27-31)42(60)16-21-57-22-17-50-53-57/h5-6,8-10,12,17,22-25,30,36H,4,7,11,13-16,18-21,26-27H2,1-3H3,(H,52,59,61). The quantitative estimate of drug-likeness (QED) is 0.117. The van der Waals surface area contributed by atoms with Crippen molar-refractivity contribution in [3.8, 4) is 11.1 Å². The summed E-state index contributed by atoms with van der Waals surface area (Å²) in [7, 11) is 3.36. The van der Waals surface area contributed by atoms with Gasteiger partial charge in [0.15, 0.2) is 5.82 Å². The average molecular weight is 842 g/mol. The number of rotatable bonds is 11. The second-order valence-corrected chi connectivity index (χ2v) is 17.0. The first-order valence-electron chi connectivity index (χ1n) is 21.4. The molecule has 15 heteroatoms. The Labute approximate surface area is 358 Å². The molecular weight excluding hydrogens is 793 g/mol. The Balaban J connectivity index is 0.998. The molecule has 2 aromatic carbocycles. The molecule has 0 spiro atoms. The topological polar surface area (TPSA) is 139 Å². The number of nitrogens with zero attached hydrogens (tertiary/aromatic N) is 8. The van der Waals surface area contributed by atoms with E-state index in [2.05, 4.69) is 26.6 Å². The molecule has 5 aromatic rings. The number of halogens is 2. The highest BCUT2D eigenvalue weighted by atomic mass is 19.1. The number of benzene rings is 2. The van der Waals surface area contributed by atoms with Crippen LogP contribution in [0.15, 0.2) is 72.6 Å². The van der Waals surface area contributed by atoms with Gasteiger partial charge in [0.25, 0.3) is 5.91 Å². The van der Waals surface area contributed by atoms with Gasteiger partial charge in [-0.25, -0.2) is 8.78 Å². The van der Waals surface area contributed by atoms with E-state index in [1.807, 2.05) is 41.8 Å². The summed E-state index contributed by atoms with van der Waals surface area (Å²) in [5.41, 5.74) is 7.65. The van der Waals surface area contributed by atoms with Crippen LogP contribution in [0.1, 0.15) is 89.8 Å². The molecule has 4 aliphatic rings. The fourth-order valence-electron chi connectivity index (χ4n) is 9.27. The van der Waals surface area contributed by atoms with Crippen LogP contribution in [0.4, 0.5) is 14.5 Å². The zero-order valence-corrected chi connectivity index (χ0v) is 35.2. The third-order valence-electron chi connectivity index (χ3n) is 12.7. The molecule has 2 saturated heterocycles. The SMILES string of the molecule is Cc1nc(C2CCN(c3ccc(C4CCC(=O)NC4=O)c(F)c3)CC2)ccc1-c1cc(C(=O)N(C)C)cc2c(F)c(C3=CCCN(C(=O)CCn4ccnn4)C3)n(CC3=CC3)c12. The largest absolute Gasteiger partial charge is 0.371 e. The van der Waals surface area contributed by atoms with E-state index in [0.717, 1.165) is 47.5 Å². The van der Waals surface area contributed by atoms with Gasteiger partial charge in [-0.05, 0) is 74.9 Å². The first-order valence-corrected chi connectivity index (χ1v) is 21.4. The van der Waals surface area contributed by atoms with Gasteiger partial charge in [0.2, 0.25) is 17.7 Å². The van der Waals surface area contributed by atoms with Gasteiger partial charge in [0.1, 0.15) is 5.82 Å². The second-order valence-electron chi connectivity index (χ2n) is 17.0. The third-order valence-corrected chi connectivity index (χ3v) is 12.7. The molecule has 1 unspecified atom stereocenters. The minimum Gasteiger partial charge on any atom is -0.371 e. The molecular formula is C47H49F2N9O4. The average Bonchev–Trinajstić information content (AvgIpc) is 3.85. The summed E-state index contributed by atoms with van der Waals surface area (Å²) in [5, 5.41) is 10.5. The number of aromatic nitrogens is 5. The molecule has 4 amide bonds. The molecule has 1 atom stereocenters. The Kier molecular flexibility index (Phi) is 11.0. The van der Waals surface area contributed by atoms with E-state index in [-0.39, 0.29) is 43.0 Å². The van der Waals surface area contributed by atoms with Crippen LogP contribution in [0.5, 0.6) is 0 Å². The first kappa shape index (κ1) is 40.9. The van der Waals surface area contributed by atoms with Crippen molar-refractivity contribution in [2.75, 3.05) is 45.2 Å². The van der Waals surface area contributed by atoms with Crippen LogP contribution < -0.4 is 10.2 Å². The normalized spacial score (nSPS) is 18.2. The van der Waals surface area contributed by atoms with Crippen LogP contribution >= 0.6 is 0 Å². The molecule has 9 rings (SSSR count). The Morgan fingerprint density at radius 2 is 1.77 bits per heavy atom. The van der Waals surface area contributed by atoms with E-state index in [4.69, 9.17) is 4.98 Å². The predicted octanol–water partition coefficient (Wildman–Crippen LogP) is 6.52. The van der Waals surface area contributed by atoms with Crippen molar-refractivity contribution in [2.45, 2.75) is 76.8 Å². The summed E-state index contributed by atoms with van der Waals surface area (Å²) in [6.07, 6.45) is 11.2. The fourth-order valence-corrected chi connectivity index (χ4v) is 9.27. The number of aryl methyl sites for hydroxylation is 2. The van der Waals surface area contributed by atoms with Crippen LogP contribution in [0.25, 0.3) is 27.6 Å². The van der Waals surface area contributed by atoms with Gasteiger partial charge in [-0.3, -0.25) is 34.2 Å². The first-order chi connectivity index (χ1) is 29.9. The number of carbonyl (C=O) groups is 4. The minimum absolute atomic E-state index is 0.0410. The fraction of sp³-hybridized carbons (Fsp3) is 0.383. The van der Waals surface area contributed by atoms with E-state index < -0.39 is 23.5 Å². The molecule has 0 radical (unpaired) electrons. The molecule has 2 fully saturated rings. The van der Waals surface area contributed by atoms with E-state index in [9.17, 15) is 19.2 Å². The lowest BCUT2D eigenvalue weighted by atomic mass is 9.89. The molecule has 6 heterocycles. The number of allylic oxidation sites excluding steroid dienone is 2. The van der Waals surface area contributed by atoms with E-state index >= 15 is 8.78 Å². The zero-order valence-electron chi connectivity index (χ0n) is 35.2. The van der Waals surface area contributed by atoms with Crippen LogP contribution in [-0.2, 0) is 27.5 Å². The molecule has 1 aliphatic carbocycles. The lowest BCUT2D eigenvalue weighted by Crippen LogP contribution is -2.39. The number of carbonyl (C=O) groups excluding carboxylic acids is 4. The third kappa shape index (κ3) is 8.03. The summed E-state index contributed by atoms with van der Waals surface area (Å²) in [4.78, 5) is 61.6. The lowest BCUT2D eigenvalue weighted by molar-refractivity contribution is -0.134. The van der Waals surface area contributed by atoms with Crippen molar-refractivity contribution in [2.24, 2.45) is 0 Å². The number of nitrogens with one attached hydrogen (secondary N) is 1. The van der Waals surface area contributed by atoms with E-state index in [1.54, 1.807) is 48.2 Å². The van der Waals surface area contributed by atoms with Crippen molar-refractivity contribution < 1.29 is 28.0 Å². The van der Waals surface area contributed by atoms with Crippen LogP contribution in [0.2, 0.25) is 0 Å². The molecule has 0 bridgehead atoms. The molecule has 1 N–H and O–H groups in total. The minimum atomic E-state index is -0.683. The summed E-state index contributed by atoms with van der Waals surface area (Å²) in [5.74, 6) is -2.47. The number of pyridine rings is 1. The number of amides is 4. The molecule has 320 valence electrons. The predicted molar refractivity (Wildman–Crippen MR) is 230 cm³/mol. The summed E-state index contributed by atoms with van der Waals surface area (Å²) < 4.78 is 36.3. The second kappa shape index (κ2) is 16.7. The van der Waals surface area contributed by atoms with Crippen molar-refractivity contribution in [1.82, 2.24) is 39.7 Å². The number of fused-ring (bicyclic) bond motifs is 1. The van der Waals surface area contributed by atoms with Crippen molar-refractivity contribution in [3.63, 3.8) is 0 Å². The van der Waals surface area contributed by atoms with Gasteiger partial charge >= 0.3 is 0 Å². The van der Waals surface area contributed by atoms with Gasteiger partial charge in [-0.15, -0.1) is 5.10 Å². The van der Waals surface area contributed by atoms with Crippen LogP contribution in [0.3, 0.4) is 0 Å². The highest BCUT2D eigenvalue weighted by Crippen LogP contribution is 2.42. The Morgan fingerprint density at radius 3 is 2.47 bits per heavy atom. The van der Waals surface area contributed by atoms with Gasteiger partial charge in [-0.2, -0.15) is 0 Å². The maximum absolute atomic E-state index is 17.3. The smallest absolute Gasteiger partial charge is 0.253 e. The zero-order chi connectivity index (χ0) is 43.2. The number of imide groups is 1. The lowest BCUT2D eigenvalue weighted by Gasteiger charge is -2.34. The van der Waals surface area contributed by atoms with Crippen LogP contribution in [0, 0.1) is 18.6 Å². The maximum atomic E-state index is 17.3. The molecule has 13 nitrogen and oxygen atoms in total. The molecule has 3 aliphatic heterocycles. The number of hydrogen-bond acceptors (Lipinski definition) is 8. The van der Waals surface area contributed by atoms with Gasteiger partial charge < -0.3 is 19.3 Å². The van der Waals surface area contributed by atoms with Gasteiger partial charge in [0, 0.05) is 116 Å². The van der Waals surface area contributed by atoms with Crippen LogP contribution in [-0.4, -0.2) is 98.2 Å². The van der Waals surface area contributed by atoms with Gasteiger partial charge in [0.05, 0.1) is 29.9 Å². The summed E-state index contributed by atoms with van der Waals surface area (Å²) >= 11 is 0. The molecule has 62 heavy (non-hydrogen) atoms. The Morgan fingerprint density at radius 1 is 0.968 bits per heavy atom. The van der Waals surface area contributed by atoms with E-state index in [1.165, 1.54) is 16.5 Å².